The number of nitrogens with zero attached hydrogens (tertiary/aromatic N) is 1. The Morgan fingerprint density at radius 3 is 2.94 bits per heavy atom. The number of para-hydroxylation sites is 1. The molecule has 0 amide bonds. The molecule has 1 atom stereocenters. The Labute approximate surface area is 106 Å². The fraction of sp³-hybridized carbons (Fsp3) is 0.286. The number of rotatable bonds is 4. The molecule has 94 valence electrons. The summed E-state index contributed by atoms with van der Waals surface area (Å²) in [6.45, 7) is 0.398. The van der Waals surface area contributed by atoms with Gasteiger partial charge in [-0.15, -0.1) is 0 Å². The summed E-state index contributed by atoms with van der Waals surface area (Å²) in [4.78, 5) is 15.7. The second-order valence-corrected chi connectivity index (χ2v) is 4.17. The minimum atomic E-state index is -0.251. The predicted octanol–water partition coefficient (Wildman–Crippen LogP) is 1.84. The number of methoxy groups -OCH3 is 1. The van der Waals surface area contributed by atoms with Crippen molar-refractivity contribution in [3.63, 3.8) is 0 Å². The van der Waals surface area contributed by atoms with E-state index < -0.39 is 0 Å². The van der Waals surface area contributed by atoms with E-state index in [2.05, 4.69) is 9.72 Å². The third-order valence-corrected chi connectivity index (χ3v) is 3.01. The monoisotopic (exact) mass is 244 g/mol. The van der Waals surface area contributed by atoms with Crippen molar-refractivity contribution in [3.05, 3.63) is 42.1 Å². The first-order chi connectivity index (χ1) is 8.74. The molecular formula is C14H16N2O2. The van der Waals surface area contributed by atoms with Gasteiger partial charge in [0.15, 0.2) is 0 Å². The van der Waals surface area contributed by atoms with Gasteiger partial charge >= 0.3 is 5.97 Å². The third kappa shape index (κ3) is 2.65. The minimum Gasteiger partial charge on any atom is -0.469 e. The van der Waals surface area contributed by atoms with Crippen molar-refractivity contribution < 1.29 is 9.53 Å². The number of benzene rings is 1. The smallest absolute Gasteiger partial charge is 0.306 e. The molecule has 0 aliphatic carbocycles. The molecule has 0 spiro atoms. The average Bonchev–Trinajstić information content (AvgIpc) is 2.44. The third-order valence-electron chi connectivity index (χ3n) is 3.01. The van der Waals surface area contributed by atoms with E-state index in [4.69, 9.17) is 5.73 Å². The number of nitrogens with two attached hydrogens (primary N) is 1. The Kier molecular flexibility index (Phi) is 3.89. The highest BCUT2D eigenvalue weighted by atomic mass is 16.5. The van der Waals surface area contributed by atoms with Gasteiger partial charge in [0.05, 0.1) is 19.0 Å². The van der Waals surface area contributed by atoms with E-state index in [0.29, 0.717) is 6.54 Å². The first-order valence-corrected chi connectivity index (χ1v) is 5.86. The number of pyridine rings is 1. The van der Waals surface area contributed by atoms with Gasteiger partial charge in [0.25, 0.3) is 0 Å². The van der Waals surface area contributed by atoms with Gasteiger partial charge in [-0.2, -0.15) is 0 Å². The zero-order chi connectivity index (χ0) is 13.0. The van der Waals surface area contributed by atoms with Gasteiger partial charge in [0.1, 0.15) is 0 Å². The number of ether oxygens (including phenoxy) is 1. The molecule has 1 unspecified atom stereocenters. The SMILES string of the molecule is COC(=O)CC(CN)c1cnc2ccccc2c1. The summed E-state index contributed by atoms with van der Waals surface area (Å²) < 4.78 is 4.68. The summed E-state index contributed by atoms with van der Waals surface area (Å²) in [7, 11) is 1.38. The van der Waals surface area contributed by atoms with Crippen molar-refractivity contribution in [2.45, 2.75) is 12.3 Å². The zero-order valence-corrected chi connectivity index (χ0v) is 10.3. The second-order valence-electron chi connectivity index (χ2n) is 4.17. The molecule has 2 aromatic rings. The Balaban J connectivity index is 2.30. The van der Waals surface area contributed by atoms with Crippen LogP contribution in [0.4, 0.5) is 0 Å². The lowest BCUT2D eigenvalue weighted by Gasteiger charge is -2.13. The van der Waals surface area contributed by atoms with E-state index in [9.17, 15) is 4.79 Å². The maximum absolute atomic E-state index is 11.3. The largest absolute Gasteiger partial charge is 0.469 e. The molecule has 0 saturated carbocycles. The van der Waals surface area contributed by atoms with Crippen LogP contribution < -0.4 is 5.73 Å². The van der Waals surface area contributed by atoms with Gasteiger partial charge in [-0.25, -0.2) is 0 Å². The number of esters is 1. The van der Waals surface area contributed by atoms with Gasteiger partial charge in [-0.3, -0.25) is 9.78 Å². The van der Waals surface area contributed by atoms with Crippen LogP contribution in [-0.4, -0.2) is 24.6 Å². The first kappa shape index (κ1) is 12.5. The van der Waals surface area contributed by atoms with Gasteiger partial charge < -0.3 is 10.5 Å². The van der Waals surface area contributed by atoms with E-state index in [1.807, 2.05) is 30.3 Å². The lowest BCUT2D eigenvalue weighted by Crippen LogP contribution is -2.17. The van der Waals surface area contributed by atoms with Crippen molar-refractivity contribution >= 4 is 16.9 Å². The molecule has 4 heteroatoms. The highest BCUT2D eigenvalue weighted by molar-refractivity contribution is 5.79. The maximum atomic E-state index is 11.3. The van der Waals surface area contributed by atoms with Crippen molar-refractivity contribution in [1.82, 2.24) is 4.98 Å². The summed E-state index contributed by atoms with van der Waals surface area (Å²) in [6, 6.07) is 9.90. The normalized spacial score (nSPS) is 12.3. The van der Waals surface area contributed by atoms with Crippen molar-refractivity contribution in [2.75, 3.05) is 13.7 Å². The number of aromatic nitrogens is 1. The maximum Gasteiger partial charge on any atom is 0.306 e. The standard InChI is InChI=1S/C14H16N2O2/c1-18-14(17)7-11(8-15)12-6-10-4-2-3-5-13(10)16-9-12/h2-6,9,11H,7-8,15H2,1H3. The fourth-order valence-electron chi connectivity index (χ4n) is 1.93. The number of hydrogen-bond donors (Lipinski definition) is 1. The molecule has 0 saturated heterocycles. The van der Waals surface area contributed by atoms with Crippen LogP contribution in [0.5, 0.6) is 0 Å². The van der Waals surface area contributed by atoms with Crippen LogP contribution in [0.25, 0.3) is 10.9 Å². The zero-order valence-electron chi connectivity index (χ0n) is 10.3. The molecule has 1 aromatic heterocycles. The van der Waals surface area contributed by atoms with E-state index in [1.165, 1.54) is 7.11 Å². The van der Waals surface area contributed by atoms with Crippen molar-refractivity contribution in [3.8, 4) is 0 Å². The van der Waals surface area contributed by atoms with Crippen LogP contribution in [0, 0.1) is 0 Å². The topological polar surface area (TPSA) is 65.2 Å². The molecule has 2 N–H and O–H groups in total. The Morgan fingerprint density at radius 1 is 1.44 bits per heavy atom. The molecule has 0 aliphatic heterocycles. The van der Waals surface area contributed by atoms with Crippen LogP contribution in [0.15, 0.2) is 36.5 Å². The molecule has 4 nitrogen and oxygen atoms in total. The summed E-state index contributed by atoms with van der Waals surface area (Å²) >= 11 is 0. The number of fused-ring (bicyclic) bond motifs is 1. The Bertz CT molecular complexity index is 554. The molecule has 1 heterocycles. The first-order valence-electron chi connectivity index (χ1n) is 5.86. The number of hydrogen-bond acceptors (Lipinski definition) is 4. The molecule has 1 aromatic carbocycles. The minimum absolute atomic E-state index is 0.0467. The molecule has 2 rings (SSSR count). The fourth-order valence-corrected chi connectivity index (χ4v) is 1.93. The van der Waals surface area contributed by atoms with E-state index in [1.54, 1.807) is 6.20 Å². The molecule has 0 radical (unpaired) electrons. The van der Waals surface area contributed by atoms with Crippen molar-refractivity contribution in [1.29, 1.82) is 0 Å². The highest BCUT2D eigenvalue weighted by Crippen LogP contribution is 2.22. The summed E-state index contributed by atoms with van der Waals surface area (Å²) in [5.74, 6) is -0.298. The number of carbonyl (C=O) groups excluding carboxylic acids is 1. The lowest BCUT2D eigenvalue weighted by atomic mass is 9.96. The van der Waals surface area contributed by atoms with Crippen LogP contribution >= 0.6 is 0 Å². The van der Waals surface area contributed by atoms with Gasteiger partial charge in [-0.1, -0.05) is 18.2 Å². The quantitative estimate of drug-likeness (QED) is 0.833. The van der Waals surface area contributed by atoms with Crippen molar-refractivity contribution in [2.24, 2.45) is 5.73 Å². The second kappa shape index (κ2) is 5.60. The molecule has 0 bridgehead atoms. The summed E-state index contributed by atoms with van der Waals surface area (Å²) in [5.41, 5.74) is 7.63. The van der Waals surface area contributed by atoms with Gasteiger partial charge in [0.2, 0.25) is 0 Å². The molecule has 18 heavy (non-hydrogen) atoms. The molecule has 0 fully saturated rings. The molecular weight excluding hydrogens is 228 g/mol. The van der Waals surface area contributed by atoms with E-state index in [0.717, 1.165) is 16.5 Å². The average molecular weight is 244 g/mol. The predicted molar refractivity (Wildman–Crippen MR) is 70.2 cm³/mol. The Morgan fingerprint density at radius 2 is 2.22 bits per heavy atom. The lowest BCUT2D eigenvalue weighted by molar-refractivity contribution is -0.141. The van der Waals surface area contributed by atoms with E-state index >= 15 is 0 Å². The van der Waals surface area contributed by atoms with Crippen LogP contribution in [0.3, 0.4) is 0 Å². The van der Waals surface area contributed by atoms with Crippen LogP contribution in [-0.2, 0) is 9.53 Å². The van der Waals surface area contributed by atoms with Gasteiger partial charge in [0, 0.05) is 17.5 Å². The van der Waals surface area contributed by atoms with Crippen LogP contribution in [0.1, 0.15) is 17.9 Å². The summed E-state index contributed by atoms with van der Waals surface area (Å²) in [5, 5.41) is 1.05. The highest BCUT2D eigenvalue weighted by Gasteiger charge is 2.15. The Hall–Kier alpha value is -1.94. The van der Waals surface area contributed by atoms with E-state index in [-0.39, 0.29) is 18.3 Å². The van der Waals surface area contributed by atoms with Gasteiger partial charge in [-0.05, 0) is 24.2 Å². The molecule has 0 aliphatic rings. The summed E-state index contributed by atoms with van der Waals surface area (Å²) in [6.07, 6.45) is 2.07. The van der Waals surface area contributed by atoms with Crippen LogP contribution in [0.2, 0.25) is 0 Å². The number of carbonyl (C=O) groups is 1.